The van der Waals surface area contributed by atoms with E-state index in [9.17, 15) is 0 Å². The molecule has 3 rings (SSSR count). The fourth-order valence-corrected chi connectivity index (χ4v) is 2.48. The van der Waals surface area contributed by atoms with Crippen LogP contribution in [0, 0.1) is 0 Å². The topological polar surface area (TPSA) is 25.2 Å². The van der Waals surface area contributed by atoms with Crippen molar-refractivity contribution in [1.82, 2.24) is 5.32 Å². The summed E-state index contributed by atoms with van der Waals surface area (Å²) in [5.41, 5.74) is 3.73. The molecule has 0 saturated heterocycles. The summed E-state index contributed by atoms with van der Waals surface area (Å²) in [6, 6.07) is 7.28. The number of hydrogen-bond donors (Lipinski definition) is 1. The summed E-state index contributed by atoms with van der Waals surface area (Å²) >= 11 is 0. The van der Waals surface area contributed by atoms with Gasteiger partial charge in [0.1, 0.15) is 5.58 Å². The maximum Gasteiger partial charge on any atom is 0.137 e. The Kier molecular flexibility index (Phi) is 3.13. The number of benzene rings is 1. The lowest BCUT2D eigenvalue weighted by atomic mass is 9.99. The molecule has 0 bridgehead atoms. The third kappa shape index (κ3) is 2.30. The van der Waals surface area contributed by atoms with Crippen LogP contribution >= 0.6 is 0 Å². The lowest BCUT2D eigenvalue weighted by Crippen LogP contribution is -2.19. The summed E-state index contributed by atoms with van der Waals surface area (Å²) in [6.07, 6.45) is 5.70. The molecule has 2 aromatic rings. The van der Waals surface area contributed by atoms with Gasteiger partial charge in [0, 0.05) is 11.4 Å². The Morgan fingerprint density at radius 1 is 1.33 bits per heavy atom. The molecule has 1 aliphatic carbocycles. The van der Waals surface area contributed by atoms with Crippen LogP contribution in [0.25, 0.3) is 11.0 Å². The predicted octanol–water partition coefficient (Wildman–Crippen LogP) is 3.85. The molecule has 1 aromatic heterocycles. The van der Waals surface area contributed by atoms with E-state index in [-0.39, 0.29) is 0 Å². The first kappa shape index (κ1) is 11.8. The number of rotatable bonds is 5. The maximum absolute atomic E-state index is 5.79. The molecule has 0 amide bonds. The van der Waals surface area contributed by atoms with Crippen LogP contribution in [0.3, 0.4) is 0 Å². The first-order valence-electron chi connectivity index (χ1n) is 6.98. The van der Waals surface area contributed by atoms with Gasteiger partial charge in [-0.2, -0.15) is 0 Å². The number of para-hydroxylation sites is 1. The molecule has 18 heavy (non-hydrogen) atoms. The number of nitrogens with one attached hydrogen (secondary N) is 1. The van der Waals surface area contributed by atoms with Gasteiger partial charge in [-0.05, 0) is 42.9 Å². The Bertz CT molecular complexity index is 537. The molecule has 0 atom stereocenters. The lowest BCUT2D eigenvalue weighted by Gasteiger charge is -2.05. The van der Waals surface area contributed by atoms with Crippen molar-refractivity contribution in [2.75, 3.05) is 6.54 Å². The second-order valence-corrected chi connectivity index (χ2v) is 5.62. The average Bonchev–Trinajstić information content (AvgIpc) is 3.09. The van der Waals surface area contributed by atoms with E-state index in [1.807, 2.05) is 6.26 Å². The predicted molar refractivity (Wildman–Crippen MR) is 75.0 cm³/mol. The highest BCUT2D eigenvalue weighted by Gasteiger charge is 2.20. The molecule has 1 aliphatic rings. The van der Waals surface area contributed by atoms with Gasteiger partial charge in [-0.1, -0.05) is 32.0 Å². The van der Waals surface area contributed by atoms with Crippen LogP contribution in [-0.2, 0) is 6.42 Å². The fourth-order valence-electron chi connectivity index (χ4n) is 2.48. The maximum atomic E-state index is 5.79. The van der Waals surface area contributed by atoms with Crippen molar-refractivity contribution in [3.8, 4) is 0 Å². The SMILES string of the molecule is CC(C)c1cccc2c(CCNC3CC3)coc12. The summed E-state index contributed by atoms with van der Waals surface area (Å²) < 4.78 is 5.79. The van der Waals surface area contributed by atoms with Gasteiger partial charge in [0.05, 0.1) is 6.26 Å². The monoisotopic (exact) mass is 243 g/mol. The van der Waals surface area contributed by atoms with Crippen molar-refractivity contribution < 1.29 is 4.42 Å². The van der Waals surface area contributed by atoms with E-state index in [0.717, 1.165) is 24.6 Å². The van der Waals surface area contributed by atoms with Gasteiger partial charge in [-0.3, -0.25) is 0 Å². The van der Waals surface area contributed by atoms with Gasteiger partial charge in [0.25, 0.3) is 0 Å². The minimum atomic E-state index is 0.511. The first-order chi connectivity index (χ1) is 8.75. The normalized spacial score (nSPS) is 15.7. The molecule has 1 saturated carbocycles. The van der Waals surface area contributed by atoms with Crippen molar-refractivity contribution in [1.29, 1.82) is 0 Å². The molecule has 1 heterocycles. The van der Waals surface area contributed by atoms with E-state index in [1.54, 1.807) is 0 Å². The van der Waals surface area contributed by atoms with Crippen LogP contribution in [0.5, 0.6) is 0 Å². The summed E-state index contributed by atoms with van der Waals surface area (Å²) in [5.74, 6) is 0.511. The van der Waals surface area contributed by atoms with Crippen molar-refractivity contribution in [2.24, 2.45) is 0 Å². The lowest BCUT2D eigenvalue weighted by molar-refractivity contribution is 0.598. The summed E-state index contributed by atoms with van der Waals surface area (Å²) in [6.45, 7) is 5.49. The summed E-state index contributed by atoms with van der Waals surface area (Å²) in [4.78, 5) is 0. The minimum Gasteiger partial charge on any atom is -0.464 e. The Hall–Kier alpha value is -1.28. The van der Waals surface area contributed by atoms with Crippen molar-refractivity contribution >= 4 is 11.0 Å². The van der Waals surface area contributed by atoms with Gasteiger partial charge in [0.2, 0.25) is 0 Å². The van der Waals surface area contributed by atoms with E-state index >= 15 is 0 Å². The van der Waals surface area contributed by atoms with Crippen LogP contribution < -0.4 is 5.32 Å². The molecule has 1 fully saturated rings. The van der Waals surface area contributed by atoms with Gasteiger partial charge >= 0.3 is 0 Å². The van der Waals surface area contributed by atoms with Gasteiger partial charge in [-0.15, -0.1) is 0 Å². The van der Waals surface area contributed by atoms with E-state index in [1.165, 1.54) is 29.4 Å². The molecule has 0 radical (unpaired) electrons. The molecular weight excluding hydrogens is 222 g/mol. The smallest absolute Gasteiger partial charge is 0.137 e. The Morgan fingerprint density at radius 2 is 2.17 bits per heavy atom. The van der Waals surface area contributed by atoms with Crippen LogP contribution in [0.1, 0.15) is 43.7 Å². The summed E-state index contributed by atoms with van der Waals surface area (Å²) in [5, 5.41) is 4.85. The highest BCUT2D eigenvalue weighted by Crippen LogP contribution is 2.29. The second kappa shape index (κ2) is 4.77. The highest BCUT2D eigenvalue weighted by molar-refractivity contribution is 5.84. The molecule has 2 heteroatoms. The Balaban J connectivity index is 1.81. The average molecular weight is 243 g/mol. The Morgan fingerprint density at radius 3 is 2.89 bits per heavy atom. The van der Waals surface area contributed by atoms with E-state index < -0.39 is 0 Å². The van der Waals surface area contributed by atoms with Crippen LogP contribution in [0.2, 0.25) is 0 Å². The zero-order valence-electron chi connectivity index (χ0n) is 11.2. The third-order valence-electron chi connectivity index (χ3n) is 3.74. The minimum absolute atomic E-state index is 0.511. The number of furan rings is 1. The van der Waals surface area contributed by atoms with Crippen molar-refractivity contribution in [3.63, 3.8) is 0 Å². The number of hydrogen-bond acceptors (Lipinski definition) is 2. The molecule has 1 aromatic carbocycles. The number of fused-ring (bicyclic) bond motifs is 1. The van der Waals surface area contributed by atoms with Gasteiger partial charge in [-0.25, -0.2) is 0 Å². The van der Waals surface area contributed by atoms with Crippen LogP contribution in [0.4, 0.5) is 0 Å². The molecule has 96 valence electrons. The molecule has 0 spiro atoms. The van der Waals surface area contributed by atoms with E-state index in [0.29, 0.717) is 5.92 Å². The van der Waals surface area contributed by atoms with E-state index in [4.69, 9.17) is 4.42 Å². The van der Waals surface area contributed by atoms with Crippen LogP contribution in [-0.4, -0.2) is 12.6 Å². The third-order valence-corrected chi connectivity index (χ3v) is 3.74. The summed E-state index contributed by atoms with van der Waals surface area (Å²) in [7, 11) is 0. The van der Waals surface area contributed by atoms with Crippen molar-refractivity contribution in [3.05, 3.63) is 35.6 Å². The molecule has 0 aliphatic heterocycles. The van der Waals surface area contributed by atoms with Crippen molar-refractivity contribution in [2.45, 2.75) is 45.1 Å². The van der Waals surface area contributed by atoms with Gasteiger partial charge in [0.15, 0.2) is 0 Å². The van der Waals surface area contributed by atoms with E-state index in [2.05, 4.69) is 37.4 Å². The zero-order valence-corrected chi connectivity index (χ0v) is 11.2. The van der Waals surface area contributed by atoms with Crippen LogP contribution in [0.15, 0.2) is 28.9 Å². The molecule has 1 N–H and O–H groups in total. The highest BCUT2D eigenvalue weighted by atomic mass is 16.3. The fraction of sp³-hybridized carbons (Fsp3) is 0.500. The standard InChI is InChI=1S/C16H21NO/c1-11(2)14-4-3-5-15-12(10-18-16(14)15)8-9-17-13-6-7-13/h3-5,10-11,13,17H,6-9H2,1-2H3. The first-order valence-corrected chi connectivity index (χ1v) is 6.98. The zero-order chi connectivity index (χ0) is 12.5. The molecular formula is C16H21NO. The molecule has 2 nitrogen and oxygen atoms in total. The quantitative estimate of drug-likeness (QED) is 0.863. The molecule has 0 unspecified atom stereocenters. The Labute approximate surface area is 108 Å². The largest absolute Gasteiger partial charge is 0.464 e. The second-order valence-electron chi connectivity index (χ2n) is 5.62. The van der Waals surface area contributed by atoms with Gasteiger partial charge < -0.3 is 9.73 Å².